The molecule has 18 heavy (non-hydrogen) atoms. The zero-order chi connectivity index (χ0) is 12.6. The predicted octanol–water partition coefficient (Wildman–Crippen LogP) is 0.929. The average Bonchev–Trinajstić information content (AvgIpc) is 2.84. The first-order chi connectivity index (χ1) is 8.88. The van der Waals surface area contributed by atoms with Crippen molar-refractivity contribution in [3.05, 3.63) is 47.6 Å². The summed E-state index contributed by atoms with van der Waals surface area (Å²) >= 11 is 0. The van der Waals surface area contributed by atoms with Crippen molar-refractivity contribution in [2.75, 3.05) is 0 Å². The number of unbranched alkanes of at least 4 members (excludes halogenated alkanes) is 1. The first-order valence-electron chi connectivity index (χ1n) is 5.88. The molecule has 0 unspecified atom stereocenters. The van der Waals surface area contributed by atoms with E-state index in [0.717, 1.165) is 25.8 Å². The van der Waals surface area contributed by atoms with Gasteiger partial charge in [0.1, 0.15) is 6.54 Å². The van der Waals surface area contributed by atoms with E-state index >= 15 is 0 Å². The van der Waals surface area contributed by atoms with Gasteiger partial charge in [-0.05, 0) is 18.4 Å². The average molecular weight is 242 g/mol. The van der Waals surface area contributed by atoms with Crippen LogP contribution >= 0.6 is 0 Å². The zero-order valence-corrected chi connectivity index (χ0v) is 9.99. The SMILES string of the molecule is N#CN=c1c[n+](CCCCc2ccccc2)[n-]o1. The van der Waals surface area contributed by atoms with Crippen LogP contribution in [0.4, 0.5) is 0 Å². The molecule has 1 heterocycles. The van der Waals surface area contributed by atoms with E-state index in [2.05, 4.69) is 34.5 Å². The van der Waals surface area contributed by atoms with Gasteiger partial charge in [0.2, 0.25) is 12.4 Å². The Bertz CT molecular complexity index is 577. The summed E-state index contributed by atoms with van der Waals surface area (Å²) in [5.41, 5.74) is 1.60. The van der Waals surface area contributed by atoms with Crippen LogP contribution in [0.1, 0.15) is 18.4 Å². The lowest BCUT2D eigenvalue weighted by Gasteiger charge is -2.00. The third kappa shape index (κ3) is 3.59. The van der Waals surface area contributed by atoms with Crippen molar-refractivity contribution in [1.82, 2.24) is 5.27 Å². The summed E-state index contributed by atoms with van der Waals surface area (Å²) in [5, 5.41) is 12.1. The fraction of sp³-hybridized carbons (Fsp3) is 0.308. The Hall–Kier alpha value is -2.35. The normalized spacial score (nSPS) is 11.4. The zero-order valence-electron chi connectivity index (χ0n) is 9.99. The van der Waals surface area contributed by atoms with Crippen LogP contribution in [-0.2, 0) is 13.0 Å². The van der Waals surface area contributed by atoms with Crippen LogP contribution in [0.25, 0.3) is 0 Å². The minimum atomic E-state index is 0.251. The van der Waals surface area contributed by atoms with Crippen molar-refractivity contribution in [3.63, 3.8) is 0 Å². The van der Waals surface area contributed by atoms with Gasteiger partial charge in [0.05, 0.1) is 0 Å². The Morgan fingerprint density at radius 2 is 2.11 bits per heavy atom. The van der Waals surface area contributed by atoms with E-state index in [1.807, 2.05) is 6.07 Å². The molecule has 0 amide bonds. The lowest BCUT2D eigenvalue weighted by atomic mass is 10.1. The minimum Gasteiger partial charge on any atom is -0.486 e. The van der Waals surface area contributed by atoms with Gasteiger partial charge in [-0.1, -0.05) is 30.3 Å². The van der Waals surface area contributed by atoms with Crippen LogP contribution < -0.4 is 15.5 Å². The fourth-order valence-corrected chi connectivity index (χ4v) is 1.72. The molecule has 0 atom stereocenters. The van der Waals surface area contributed by atoms with Crippen molar-refractivity contribution in [1.29, 1.82) is 5.26 Å². The second kappa shape index (κ2) is 6.40. The molecule has 0 spiro atoms. The van der Waals surface area contributed by atoms with Crippen molar-refractivity contribution in [3.8, 4) is 6.19 Å². The van der Waals surface area contributed by atoms with Crippen LogP contribution in [0.5, 0.6) is 0 Å². The largest absolute Gasteiger partial charge is 0.486 e. The van der Waals surface area contributed by atoms with E-state index in [-0.39, 0.29) is 5.55 Å². The second-order valence-corrected chi connectivity index (χ2v) is 3.96. The summed E-state index contributed by atoms with van der Waals surface area (Å²) in [6, 6.07) is 10.4. The van der Waals surface area contributed by atoms with E-state index < -0.39 is 0 Å². The van der Waals surface area contributed by atoms with Gasteiger partial charge >= 0.3 is 0 Å². The molecule has 0 fully saturated rings. The second-order valence-electron chi connectivity index (χ2n) is 3.96. The third-order valence-electron chi connectivity index (χ3n) is 2.60. The molecule has 0 saturated carbocycles. The molecule has 5 heteroatoms. The van der Waals surface area contributed by atoms with Crippen molar-refractivity contribution in [2.45, 2.75) is 25.8 Å². The summed E-state index contributed by atoms with van der Waals surface area (Å²) in [6.45, 7) is 0.775. The van der Waals surface area contributed by atoms with Gasteiger partial charge in [0, 0.05) is 6.42 Å². The van der Waals surface area contributed by atoms with Gasteiger partial charge in [-0.25, -0.2) is 4.68 Å². The van der Waals surface area contributed by atoms with Crippen LogP contribution in [0.3, 0.4) is 0 Å². The Balaban J connectivity index is 1.75. The van der Waals surface area contributed by atoms with Gasteiger partial charge in [-0.2, -0.15) is 5.26 Å². The van der Waals surface area contributed by atoms with Crippen molar-refractivity contribution < 1.29 is 9.20 Å². The number of nitrogens with zero attached hydrogens (tertiary/aromatic N) is 4. The van der Waals surface area contributed by atoms with Gasteiger partial charge in [-0.15, -0.1) is 4.99 Å². The molecular formula is C13H14N4O. The molecule has 0 radical (unpaired) electrons. The van der Waals surface area contributed by atoms with E-state index in [0.29, 0.717) is 0 Å². The highest BCUT2D eigenvalue weighted by molar-refractivity contribution is 5.14. The number of aromatic nitrogens is 2. The first-order valence-corrected chi connectivity index (χ1v) is 5.88. The van der Waals surface area contributed by atoms with Gasteiger partial charge in [-0.3, -0.25) is 5.27 Å². The molecule has 0 aliphatic rings. The Morgan fingerprint density at radius 3 is 2.89 bits per heavy atom. The van der Waals surface area contributed by atoms with Crippen molar-refractivity contribution >= 4 is 0 Å². The highest BCUT2D eigenvalue weighted by Crippen LogP contribution is 2.03. The lowest BCUT2D eigenvalue weighted by Crippen LogP contribution is -2.37. The van der Waals surface area contributed by atoms with E-state index in [1.165, 1.54) is 5.56 Å². The molecular weight excluding hydrogens is 228 g/mol. The first kappa shape index (κ1) is 12.1. The van der Waals surface area contributed by atoms with Crippen molar-refractivity contribution in [2.24, 2.45) is 4.99 Å². The molecule has 92 valence electrons. The number of benzene rings is 1. The summed E-state index contributed by atoms with van der Waals surface area (Å²) < 4.78 is 6.51. The van der Waals surface area contributed by atoms with Gasteiger partial charge in [0.25, 0.3) is 5.55 Å². The van der Waals surface area contributed by atoms with Crippen LogP contribution in [0.15, 0.2) is 46.0 Å². The van der Waals surface area contributed by atoms with Gasteiger partial charge < -0.3 is 4.52 Å². The number of hydrogen-bond acceptors (Lipinski definition) is 3. The molecule has 5 nitrogen and oxygen atoms in total. The van der Waals surface area contributed by atoms with E-state index in [4.69, 9.17) is 9.78 Å². The predicted molar refractivity (Wildman–Crippen MR) is 62.8 cm³/mol. The molecule has 2 rings (SSSR count). The maximum atomic E-state index is 8.36. The monoisotopic (exact) mass is 242 g/mol. The molecule has 2 aromatic rings. The highest BCUT2D eigenvalue weighted by Gasteiger charge is 1.98. The smallest absolute Gasteiger partial charge is 0.282 e. The maximum Gasteiger partial charge on any atom is 0.282 e. The lowest BCUT2D eigenvalue weighted by molar-refractivity contribution is -0.767. The number of hydrogen-bond donors (Lipinski definition) is 0. The summed E-state index contributed by atoms with van der Waals surface area (Å²) in [4.78, 5) is 3.46. The van der Waals surface area contributed by atoms with Crippen LogP contribution in [0.2, 0.25) is 0 Å². The minimum absolute atomic E-state index is 0.251. The quantitative estimate of drug-likeness (QED) is 0.445. The van der Waals surface area contributed by atoms with Gasteiger partial charge in [0.15, 0.2) is 0 Å². The Kier molecular flexibility index (Phi) is 4.31. The fourth-order valence-electron chi connectivity index (χ4n) is 1.72. The standard InChI is InChI=1S/C13H14N4O/c14-11-15-13-10-17(16-18-13)9-5-4-8-12-6-2-1-3-7-12/h1-3,6-7,10H,4-5,8-9H2. The molecule has 0 saturated heterocycles. The molecule has 1 aromatic carbocycles. The summed E-state index contributed by atoms with van der Waals surface area (Å²) in [6.07, 6.45) is 6.46. The number of aryl methyl sites for hydroxylation is 2. The van der Waals surface area contributed by atoms with Crippen LogP contribution in [0, 0.1) is 11.5 Å². The topological polar surface area (TPSA) is 67.3 Å². The Morgan fingerprint density at radius 1 is 1.28 bits per heavy atom. The Labute approximate surface area is 105 Å². The summed E-state index contributed by atoms with van der Waals surface area (Å²) in [5.74, 6) is 0. The molecule has 0 aliphatic heterocycles. The highest BCUT2D eigenvalue weighted by atomic mass is 16.5. The number of rotatable bonds is 5. The van der Waals surface area contributed by atoms with E-state index in [1.54, 1.807) is 17.1 Å². The number of nitriles is 1. The maximum absolute atomic E-state index is 8.36. The summed E-state index contributed by atoms with van der Waals surface area (Å²) in [7, 11) is 0. The molecule has 1 aromatic heterocycles. The molecule has 0 bridgehead atoms. The molecule has 0 aliphatic carbocycles. The van der Waals surface area contributed by atoms with Crippen LogP contribution in [-0.4, -0.2) is 0 Å². The third-order valence-corrected chi connectivity index (χ3v) is 2.60. The van der Waals surface area contributed by atoms with E-state index in [9.17, 15) is 0 Å². The molecule has 0 N–H and O–H groups in total.